The molecule has 1 N–H and O–H groups in total. The number of methoxy groups -OCH3 is 1. The van der Waals surface area contributed by atoms with E-state index in [1.165, 1.54) is 7.11 Å². The SMILES string of the molecule is COC(=O)C(C)(CCCn1nc(C)c(Br)c1C)NC1CC1. The molecule has 1 aliphatic rings. The number of halogens is 1. The van der Waals surface area contributed by atoms with Crippen molar-refractivity contribution in [3.8, 4) is 0 Å². The van der Waals surface area contributed by atoms with Crippen molar-refractivity contribution in [2.75, 3.05) is 7.11 Å². The van der Waals surface area contributed by atoms with E-state index in [-0.39, 0.29) is 5.97 Å². The van der Waals surface area contributed by atoms with Gasteiger partial charge in [0, 0.05) is 18.3 Å². The first kappa shape index (κ1) is 16.5. The Morgan fingerprint density at radius 2 is 2.19 bits per heavy atom. The van der Waals surface area contributed by atoms with Crippen LogP contribution in [0.1, 0.15) is 44.0 Å². The minimum absolute atomic E-state index is 0.177. The van der Waals surface area contributed by atoms with Crippen LogP contribution in [0.15, 0.2) is 4.47 Å². The van der Waals surface area contributed by atoms with E-state index in [0.717, 1.165) is 48.1 Å². The van der Waals surface area contributed by atoms with Crippen LogP contribution in [0.2, 0.25) is 0 Å². The van der Waals surface area contributed by atoms with E-state index in [9.17, 15) is 4.79 Å². The highest BCUT2D eigenvalue weighted by molar-refractivity contribution is 9.10. The van der Waals surface area contributed by atoms with E-state index in [1.54, 1.807) is 0 Å². The maximum atomic E-state index is 12.0. The van der Waals surface area contributed by atoms with Gasteiger partial charge in [-0.3, -0.25) is 14.8 Å². The summed E-state index contributed by atoms with van der Waals surface area (Å²) in [5, 5.41) is 7.92. The van der Waals surface area contributed by atoms with Gasteiger partial charge in [-0.25, -0.2) is 0 Å². The van der Waals surface area contributed by atoms with Gasteiger partial charge in [0.05, 0.1) is 17.3 Å². The van der Waals surface area contributed by atoms with E-state index in [1.807, 2.05) is 25.5 Å². The van der Waals surface area contributed by atoms with Crippen LogP contribution in [0.25, 0.3) is 0 Å². The number of esters is 1. The van der Waals surface area contributed by atoms with Crippen molar-refractivity contribution in [2.45, 2.75) is 64.6 Å². The Labute approximate surface area is 134 Å². The third-order valence-electron chi connectivity index (χ3n) is 4.08. The lowest BCUT2D eigenvalue weighted by Gasteiger charge is -2.28. The quantitative estimate of drug-likeness (QED) is 0.762. The lowest BCUT2D eigenvalue weighted by atomic mass is 9.95. The number of hydrogen-bond acceptors (Lipinski definition) is 4. The number of aryl methyl sites for hydroxylation is 2. The second-order valence-electron chi connectivity index (χ2n) is 6.05. The monoisotopic (exact) mass is 357 g/mol. The highest BCUT2D eigenvalue weighted by Gasteiger charge is 2.38. The normalized spacial score (nSPS) is 17.6. The van der Waals surface area contributed by atoms with Crippen LogP contribution < -0.4 is 5.32 Å². The molecular weight excluding hydrogens is 334 g/mol. The zero-order valence-electron chi connectivity index (χ0n) is 13.2. The van der Waals surface area contributed by atoms with Crippen LogP contribution in [0.5, 0.6) is 0 Å². The van der Waals surface area contributed by atoms with Gasteiger partial charge in [-0.15, -0.1) is 0 Å². The third kappa shape index (κ3) is 3.86. The molecule has 0 aliphatic heterocycles. The molecule has 21 heavy (non-hydrogen) atoms. The van der Waals surface area contributed by atoms with Crippen molar-refractivity contribution in [1.82, 2.24) is 15.1 Å². The van der Waals surface area contributed by atoms with Crippen LogP contribution in [0.3, 0.4) is 0 Å². The summed E-state index contributed by atoms with van der Waals surface area (Å²) in [6, 6.07) is 0.469. The summed E-state index contributed by atoms with van der Waals surface area (Å²) >= 11 is 3.54. The first-order chi connectivity index (χ1) is 9.87. The molecule has 1 heterocycles. The molecule has 1 saturated carbocycles. The van der Waals surface area contributed by atoms with Gasteiger partial charge >= 0.3 is 5.97 Å². The lowest BCUT2D eigenvalue weighted by molar-refractivity contribution is -0.148. The van der Waals surface area contributed by atoms with Crippen LogP contribution in [-0.4, -0.2) is 34.4 Å². The van der Waals surface area contributed by atoms with Crippen LogP contribution in [-0.2, 0) is 16.1 Å². The van der Waals surface area contributed by atoms with Gasteiger partial charge in [-0.2, -0.15) is 5.10 Å². The van der Waals surface area contributed by atoms with Crippen molar-refractivity contribution in [2.24, 2.45) is 0 Å². The summed E-state index contributed by atoms with van der Waals surface area (Å²) in [5.41, 5.74) is 1.53. The van der Waals surface area contributed by atoms with E-state index in [0.29, 0.717) is 6.04 Å². The average molecular weight is 358 g/mol. The standard InChI is InChI=1S/C15H24BrN3O2/c1-10-13(16)11(2)19(18-10)9-5-8-15(3,14(20)21-4)17-12-6-7-12/h12,17H,5-9H2,1-4H3. The maximum absolute atomic E-state index is 12.0. The maximum Gasteiger partial charge on any atom is 0.325 e. The van der Waals surface area contributed by atoms with Gasteiger partial charge < -0.3 is 4.74 Å². The lowest BCUT2D eigenvalue weighted by Crippen LogP contribution is -2.51. The van der Waals surface area contributed by atoms with Gasteiger partial charge in [-0.1, -0.05) is 0 Å². The highest BCUT2D eigenvalue weighted by Crippen LogP contribution is 2.26. The van der Waals surface area contributed by atoms with Crippen molar-refractivity contribution >= 4 is 21.9 Å². The smallest absolute Gasteiger partial charge is 0.325 e. The summed E-state index contributed by atoms with van der Waals surface area (Å²) in [6.45, 7) is 6.78. The first-order valence-electron chi connectivity index (χ1n) is 7.43. The Kier molecular flexibility index (Phi) is 5.09. The average Bonchev–Trinajstić information content (AvgIpc) is 3.22. The number of rotatable bonds is 7. The molecule has 1 unspecified atom stereocenters. The van der Waals surface area contributed by atoms with E-state index >= 15 is 0 Å². The third-order valence-corrected chi connectivity index (χ3v) is 5.22. The molecule has 0 aromatic carbocycles. The fraction of sp³-hybridized carbons (Fsp3) is 0.733. The van der Waals surface area contributed by atoms with Crippen molar-refractivity contribution in [3.63, 3.8) is 0 Å². The van der Waals surface area contributed by atoms with Crippen LogP contribution >= 0.6 is 15.9 Å². The zero-order valence-corrected chi connectivity index (χ0v) is 14.8. The Balaban J connectivity index is 1.95. The largest absolute Gasteiger partial charge is 0.468 e. The van der Waals surface area contributed by atoms with Gasteiger partial charge in [-0.05, 0) is 62.4 Å². The van der Waals surface area contributed by atoms with Gasteiger partial charge in [0.2, 0.25) is 0 Å². The minimum Gasteiger partial charge on any atom is -0.468 e. The number of nitrogens with zero attached hydrogens (tertiary/aromatic N) is 2. The molecule has 1 fully saturated rings. The summed E-state index contributed by atoms with van der Waals surface area (Å²) in [7, 11) is 1.45. The Morgan fingerprint density at radius 1 is 1.52 bits per heavy atom. The van der Waals surface area contributed by atoms with Crippen LogP contribution in [0.4, 0.5) is 0 Å². The fourth-order valence-corrected chi connectivity index (χ4v) is 2.90. The molecule has 1 aliphatic carbocycles. The predicted octanol–water partition coefficient (Wildman–Crippen LogP) is 2.73. The molecule has 2 rings (SSSR count). The van der Waals surface area contributed by atoms with E-state index in [2.05, 4.69) is 26.3 Å². The van der Waals surface area contributed by atoms with Crippen molar-refractivity contribution < 1.29 is 9.53 Å². The summed E-state index contributed by atoms with van der Waals surface area (Å²) in [4.78, 5) is 12.0. The molecule has 1 aromatic rings. The number of hydrogen-bond donors (Lipinski definition) is 1. The molecule has 6 heteroatoms. The topological polar surface area (TPSA) is 56.2 Å². The molecule has 0 bridgehead atoms. The molecule has 0 saturated heterocycles. The van der Waals surface area contributed by atoms with Gasteiger partial charge in [0.25, 0.3) is 0 Å². The molecule has 118 valence electrons. The van der Waals surface area contributed by atoms with Crippen molar-refractivity contribution in [3.05, 3.63) is 15.9 Å². The Bertz CT molecular complexity index is 525. The highest BCUT2D eigenvalue weighted by atomic mass is 79.9. The number of aromatic nitrogens is 2. The second kappa shape index (κ2) is 6.48. The molecule has 5 nitrogen and oxygen atoms in total. The Hall–Kier alpha value is -0.880. The minimum atomic E-state index is -0.594. The molecular formula is C15H24BrN3O2. The molecule has 1 atom stereocenters. The fourth-order valence-electron chi connectivity index (χ4n) is 2.61. The molecule has 0 amide bonds. The van der Waals surface area contributed by atoms with Gasteiger partial charge in [0.1, 0.15) is 5.54 Å². The van der Waals surface area contributed by atoms with Crippen LogP contribution in [0, 0.1) is 13.8 Å². The Morgan fingerprint density at radius 3 is 2.67 bits per heavy atom. The summed E-state index contributed by atoms with van der Waals surface area (Å²) in [5.74, 6) is -0.177. The first-order valence-corrected chi connectivity index (χ1v) is 8.22. The number of ether oxygens (including phenoxy) is 1. The number of carbonyl (C=O) groups excluding carboxylic acids is 1. The van der Waals surface area contributed by atoms with Gasteiger partial charge in [0.15, 0.2) is 0 Å². The van der Waals surface area contributed by atoms with E-state index in [4.69, 9.17) is 4.74 Å². The number of nitrogens with one attached hydrogen (secondary N) is 1. The zero-order chi connectivity index (χ0) is 15.6. The summed E-state index contributed by atoms with van der Waals surface area (Å²) in [6.07, 6.45) is 3.92. The predicted molar refractivity (Wildman–Crippen MR) is 85.2 cm³/mol. The molecule has 0 radical (unpaired) electrons. The summed E-state index contributed by atoms with van der Waals surface area (Å²) < 4.78 is 8.02. The number of carbonyl (C=O) groups is 1. The van der Waals surface area contributed by atoms with Crippen molar-refractivity contribution in [1.29, 1.82) is 0 Å². The molecule has 1 aromatic heterocycles. The van der Waals surface area contributed by atoms with E-state index < -0.39 is 5.54 Å². The second-order valence-corrected chi connectivity index (χ2v) is 6.85. The molecule has 0 spiro atoms.